The van der Waals surface area contributed by atoms with Crippen molar-refractivity contribution < 1.29 is 4.79 Å². The lowest BCUT2D eigenvalue weighted by Crippen LogP contribution is -2.12. The number of hydrogen-bond acceptors (Lipinski definition) is 2. The number of fused-ring (bicyclic) bond motifs is 1. The van der Waals surface area contributed by atoms with Crippen LogP contribution in [0.1, 0.15) is 15.9 Å². The number of carbonyl (C=O) groups excluding carboxylic acids is 1. The lowest BCUT2D eigenvalue weighted by atomic mass is 10.0. The van der Waals surface area contributed by atoms with Crippen molar-refractivity contribution in [1.29, 1.82) is 0 Å². The Morgan fingerprint density at radius 1 is 0.700 bits per heavy atom. The quantitative estimate of drug-likeness (QED) is 0.661. The summed E-state index contributed by atoms with van der Waals surface area (Å²) in [5.41, 5.74) is 0.479. The summed E-state index contributed by atoms with van der Waals surface area (Å²) in [6.07, 6.45) is 0. The van der Waals surface area contributed by atoms with Crippen molar-refractivity contribution in [2.45, 2.75) is 0 Å². The molecule has 0 fully saturated rings. The van der Waals surface area contributed by atoms with Gasteiger partial charge in [0.15, 0.2) is 11.2 Å². The van der Waals surface area contributed by atoms with Gasteiger partial charge in [-0.05, 0) is 22.9 Å². The van der Waals surface area contributed by atoms with Gasteiger partial charge in [0.2, 0.25) is 0 Å². The lowest BCUT2D eigenvalue weighted by Gasteiger charge is -1.98. The number of rotatable bonds is 2. The molecule has 0 radical (unpaired) electrons. The molecule has 0 aliphatic heterocycles. The van der Waals surface area contributed by atoms with E-state index in [4.69, 9.17) is 0 Å². The second-order valence-electron chi connectivity index (χ2n) is 4.58. The Morgan fingerprint density at radius 2 is 1.35 bits per heavy atom. The zero-order chi connectivity index (χ0) is 13.9. The van der Waals surface area contributed by atoms with Gasteiger partial charge in [0, 0.05) is 5.56 Å². The summed E-state index contributed by atoms with van der Waals surface area (Å²) in [4.78, 5) is 24.6. The van der Waals surface area contributed by atoms with Gasteiger partial charge < -0.3 is 0 Å². The number of benzene rings is 2. The Hall–Kier alpha value is -2.74. The van der Waals surface area contributed by atoms with Crippen LogP contribution in [-0.4, -0.2) is 5.78 Å². The van der Waals surface area contributed by atoms with E-state index >= 15 is 0 Å². The van der Waals surface area contributed by atoms with Gasteiger partial charge in [-0.15, -0.1) is 0 Å². The summed E-state index contributed by atoms with van der Waals surface area (Å²) >= 11 is 0. The van der Waals surface area contributed by atoms with E-state index in [1.165, 1.54) is 6.07 Å². The van der Waals surface area contributed by atoms with Crippen LogP contribution in [0.2, 0.25) is 0 Å². The fourth-order valence-electron chi connectivity index (χ4n) is 2.20. The molecule has 0 bridgehead atoms. The Kier molecular flexibility index (Phi) is 3.13. The fraction of sp³-hybridized carbons (Fsp3) is 0. The molecule has 0 heterocycles. The highest BCUT2D eigenvalue weighted by Crippen LogP contribution is 2.14. The lowest BCUT2D eigenvalue weighted by molar-refractivity contribution is 0.103. The summed E-state index contributed by atoms with van der Waals surface area (Å²) in [5.74, 6) is -0.239. The summed E-state index contributed by atoms with van der Waals surface area (Å²) in [7, 11) is 0. The Labute approximate surface area is 116 Å². The van der Waals surface area contributed by atoms with E-state index in [0.717, 1.165) is 10.8 Å². The predicted octanol–water partition coefficient (Wildman–Crippen LogP) is 3.43. The largest absolute Gasteiger partial charge is 0.289 e. The fourth-order valence-corrected chi connectivity index (χ4v) is 2.20. The molecule has 0 atom stereocenters. The summed E-state index contributed by atoms with van der Waals surface area (Å²) in [5, 5.41) is 1.82. The van der Waals surface area contributed by atoms with E-state index in [1.54, 1.807) is 36.4 Å². The molecule has 0 saturated heterocycles. The zero-order valence-electron chi connectivity index (χ0n) is 10.7. The van der Waals surface area contributed by atoms with Gasteiger partial charge in [-0.25, -0.2) is 0 Å². The molecule has 0 unspecified atom stereocenters. The monoisotopic (exact) mass is 260 g/mol. The second-order valence-corrected chi connectivity index (χ2v) is 4.58. The van der Waals surface area contributed by atoms with Crippen LogP contribution in [0.15, 0.2) is 77.6 Å². The minimum absolute atomic E-state index is 0.206. The SMILES string of the molecule is O=C(c1ccccc1)c1cc2ccccc2ccc1=O. The van der Waals surface area contributed by atoms with Crippen LogP contribution in [0.4, 0.5) is 0 Å². The Bertz CT molecular complexity index is 836. The van der Waals surface area contributed by atoms with Crippen molar-refractivity contribution in [1.82, 2.24) is 0 Å². The maximum absolute atomic E-state index is 12.4. The van der Waals surface area contributed by atoms with Crippen LogP contribution in [0.3, 0.4) is 0 Å². The molecular formula is C18H12O2. The highest BCUT2D eigenvalue weighted by Gasteiger charge is 2.11. The molecule has 0 saturated carbocycles. The van der Waals surface area contributed by atoms with Gasteiger partial charge in [-0.2, -0.15) is 0 Å². The molecule has 0 spiro atoms. The Balaban J connectivity index is 2.24. The smallest absolute Gasteiger partial charge is 0.196 e. The van der Waals surface area contributed by atoms with E-state index in [-0.39, 0.29) is 16.8 Å². The van der Waals surface area contributed by atoms with Crippen molar-refractivity contribution in [3.63, 3.8) is 0 Å². The van der Waals surface area contributed by atoms with Crippen LogP contribution >= 0.6 is 0 Å². The van der Waals surface area contributed by atoms with Crippen molar-refractivity contribution in [2.24, 2.45) is 0 Å². The van der Waals surface area contributed by atoms with Crippen molar-refractivity contribution >= 4 is 16.6 Å². The second kappa shape index (κ2) is 5.10. The van der Waals surface area contributed by atoms with Crippen molar-refractivity contribution in [2.75, 3.05) is 0 Å². The summed E-state index contributed by atoms with van der Waals surface area (Å²) < 4.78 is 0. The van der Waals surface area contributed by atoms with E-state index in [0.29, 0.717) is 5.56 Å². The topological polar surface area (TPSA) is 34.1 Å². The molecule has 2 heteroatoms. The van der Waals surface area contributed by atoms with Gasteiger partial charge in [0.25, 0.3) is 0 Å². The molecule has 0 aromatic heterocycles. The van der Waals surface area contributed by atoms with Gasteiger partial charge in [-0.1, -0.05) is 60.7 Å². The minimum Gasteiger partial charge on any atom is -0.289 e. The van der Waals surface area contributed by atoms with Crippen LogP contribution in [0.25, 0.3) is 10.8 Å². The van der Waals surface area contributed by atoms with Crippen LogP contribution in [-0.2, 0) is 0 Å². The third-order valence-corrected chi connectivity index (χ3v) is 3.26. The van der Waals surface area contributed by atoms with E-state index in [2.05, 4.69) is 0 Å². The molecule has 0 N–H and O–H groups in total. The molecule has 3 rings (SSSR count). The maximum Gasteiger partial charge on any atom is 0.196 e. The zero-order valence-corrected chi connectivity index (χ0v) is 10.7. The van der Waals surface area contributed by atoms with Gasteiger partial charge in [-0.3, -0.25) is 9.59 Å². The standard InChI is InChI=1S/C18H12O2/c19-17-11-10-13-6-4-5-9-15(13)12-16(17)18(20)14-7-2-1-3-8-14/h1-12H. The highest BCUT2D eigenvalue weighted by molar-refractivity contribution is 6.10. The average molecular weight is 260 g/mol. The van der Waals surface area contributed by atoms with E-state index in [9.17, 15) is 9.59 Å². The molecule has 0 aliphatic carbocycles. The third kappa shape index (κ3) is 2.24. The van der Waals surface area contributed by atoms with Gasteiger partial charge in [0.1, 0.15) is 0 Å². The first kappa shape index (κ1) is 12.3. The number of hydrogen-bond donors (Lipinski definition) is 0. The first-order valence-electron chi connectivity index (χ1n) is 6.38. The van der Waals surface area contributed by atoms with E-state index in [1.807, 2.05) is 30.3 Å². The molecule has 20 heavy (non-hydrogen) atoms. The first-order chi connectivity index (χ1) is 9.75. The first-order valence-corrected chi connectivity index (χ1v) is 6.38. The maximum atomic E-state index is 12.4. The molecular weight excluding hydrogens is 248 g/mol. The minimum atomic E-state index is -0.255. The molecule has 96 valence electrons. The van der Waals surface area contributed by atoms with Crippen molar-refractivity contribution in [3.05, 3.63) is 94.1 Å². The molecule has 3 aromatic carbocycles. The molecule has 2 nitrogen and oxygen atoms in total. The number of carbonyl (C=O) groups is 1. The van der Waals surface area contributed by atoms with Gasteiger partial charge >= 0.3 is 0 Å². The van der Waals surface area contributed by atoms with Crippen LogP contribution in [0.5, 0.6) is 0 Å². The van der Waals surface area contributed by atoms with Crippen molar-refractivity contribution in [3.8, 4) is 0 Å². The van der Waals surface area contributed by atoms with Crippen LogP contribution < -0.4 is 5.43 Å². The highest BCUT2D eigenvalue weighted by atomic mass is 16.1. The Morgan fingerprint density at radius 3 is 2.10 bits per heavy atom. The van der Waals surface area contributed by atoms with E-state index < -0.39 is 0 Å². The van der Waals surface area contributed by atoms with Crippen LogP contribution in [0, 0.1) is 0 Å². The van der Waals surface area contributed by atoms with Gasteiger partial charge in [0.05, 0.1) is 5.56 Å². The molecule has 0 amide bonds. The predicted molar refractivity (Wildman–Crippen MR) is 80.1 cm³/mol. The molecule has 0 aliphatic rings. The normalized spacial score (nSPS) is 10.4. The summed E-state index contributed by atoms with van der Waals surface area (Å²) in [6, 6.07) is 21.4. The summed E-state index contributed by atoms with van der Waals surface area (Å²) in [6.45, 7) is 0. The molecule has 3 aromatic rings. The average Bonchev–Trinajstić information content (AvgIpc) is 2.67. The third-order valence-electron chi connectivity index (χ3n) is 3.26. The number of ketones is 1.